The molecule has 0 aliphatic heterocycles. The van der Waals surface area contributed by atoms with Gasteiger partial charge in [-0.25, -0.2) is 4.79 Å². The highest BCUT2D eigenvalue weighted by molar-refractivity contribution is 6.04. The number of rotatable bonds is 7. The number of carboxylic acid groups (broad SMARTS) is 1. The van der Waals surface area contributed by atoms with E-state index >= 15 is 0 Å². The predicted octanol–water partition coefficient (Wildman–Crippen LogP) is 4.99. The number of ketones is 2. The lowest BCUT2D eigenvalue weighted by atomic mass is 10.0. The molecule has 0 fully saturated rings. The van der Waals surface area contributed by atoms with Gasteiger partial charge in [-0.3, -0.25) is 19.1 Å². The molecule has 0 aliphatic carbocycles. The van der Waals surface area contributed by atoms with E-state index in [1.165, 1.54) is 20.0 Å². The second-order valence-corrected chi connectivity index (χ2v) is 8.32. The van der Waals surface area contributed by atoms with Crippen LogP contribution in [0.15, 0.2) is 51.8 Å². The molecule has 18 heteroatoms. The van der Waals surface area contributed by atoms with Crippen molar-refractivity contribution in [2.45, 2.75) is 32.7 Å². The molecule has 0 bridgehead atoms. The molecule has 12 nitrogen and oxygen atoms in total. The maximum absolute atomic E-state index is 13.2. The van der Waals surface area contributed by atoms with Crippen molar-refractivity contribution < 1.29 is 59.7 Å². The molecule has 0 saturated carbocycles. The number of nitrogens with zero attached hydrogens (tertiary/aromatic N) is 4. The lowest BCUT2D eigenvalue weighted by molar-refractivity contribution is -0.143. The van der Waals surface area contributed by atoms with Crippen LogP contribution in [0.3, 0.4) is 0 Å². The summed E-state index contributed by atoms with van der Waals surface area (Å²) in [7, 11) is 0. The summed E-state index contributed by atoms with van der Waals surface area (Å²) in [5.41, 5.74) is -3.69. The van der Waals surface area contributed by atoms with Crippen molar-refractivity contribution in [1.82, 2.24) is 20.1 Å². The Balaban J connectivity index is 0.000000369. The number of aromatic carboxylic acids is 1. The first kappa shape index (κ1) is 31.2. The summed E-state index contributed by atoms with van der Waals surface area (Å²) in [5, 5.41) is 21.1. The van der Waals surface area contributed by atoms with Crippen LogP contribution in [0.4, 0.5) is 32.0 Å². The van der Waals surface area contributed by atoms with Gasteiger partial charge in [0.1, 0.15) is 0 Å². The lowest BCUT2D eigenvalue weighted by Crippen LogP contribution is -2.15. The Kier molecular flexibility index (Phi) is 8.98. The minimum atomic E-state index is -5.01. The van der Waals surface area contributed by atoms with Gasteiger partial charge in [0.15, 0.2) is 23.0 Å². The van der Waals surface area contributed by atoms with Crippen LogP contribution >= 0.6 is 0 Å². The van der Waals surface area contributed by atoms with Crippen molar-refractivity contribution in [1.29, 1.82) is 0 Å². The van der Waals surface area contributed by atoms with Gasteiger partial charge in [0.05, 0.1) is 29.6 Å². The molecule has 0 unspecified atom stereocenters. The number of hydrogen-bond donors (Lipinski definition) is 2. The van der Waals surface area contributed by atoms with Crippen LogP contribution in [-0.4, -0.2) is 48.6 Å². The normalized spacial score (nSPS) is 11.4. The van der Waals surface area contributed by atoms with Crippen molar-refractivity contribution in [2.75, 3.05) is 5.32 Å². The number of carboxylic acids is 1. The molecule has 1 aromatic carbocycles. The number of anilines is 1. The van der Waals surface area contributed by atoms with Crippen LogP contribution in [-0.2, 0) is 18.9 Å². The fourth-order valence-electron chi connectivity index (χ4n) is 3.13. The number of benzene rings is 1. The molecular formula is C24H17F6N5O7. The zero-order chi connectivity index (χ0) is 31.4. The predicted molar refractivity (Wildman–Crippen MR) is 126 cm³/mol. The molecule has 0 spiro atoms. The van der Waals surface area contributed by atoms with Gasteiger partial charge in [-0.05, 0) is 17.7 Å². The number of carbonyl (C=O) groups is 4. The Morgan fingerprint density at radius 3 is 1.93 bits per heavy atom. The zero-order valence-corrected chi connectivity index (χ0v) is 21.2. The number of hydrogen-bond acceptors (Lipinski definition) is 9. The highest BCUT2D eigenvalue weighted by atomic mass is 19.4. The highest BCUT2D eigenvalue weighted by Gasteiger charge is 2.38. The first-order valence-electron chi connectivity index (χ1n) is 11.3. The Morgan fingerprint density at radius 2 is 1.45 bits per heavy atom. The molecule has 0 aliphatic rings. The fourth-order valence-corrected chi connectivity index (χ4v) is 3.13. The van der Waals surface area contributed by atoms with E-state index in [1.54, 1.807) is 0 Å². The van der Waals surface area contributed by atoms with Crippen molar-refractivity contribution >= 4 is 29.1 Å². The van der Waals surface area contributed by atoms with Gasteiger partial charge in [-0.15, -0.1) is 0 Å². The van der Waals surface area contributed by atoms with E-state index in [-0.39, 0.29) is 40.4 Å². The number of aromatic nitrogens is 4. The van der Waals surface area contributed by atoms with E-state index in [9.17, 15) is 45.5 Å². The number of Topliss-reactive ketones (excluding diaryl/α,β-unsaturated/α-hetero) is 2. The summed E-state index contributed by atoms with van der Waals surface area (Å²) in [6.07, 6.45) is -7.63. The van der Waals surface area contributed by atoms with E-state index in [1.807, 2.05) is 0 Å². The van der Waals surface area contributed by atoms with Crippen LogP contribution in [0.5, 0.6) is 0 Å². The van der Waals surface area contributed by atoms with E-state index < -0.39 is 53.2 Å². The zero-order valence-electron chi connectivity index (χ0n) is 21.2. The molecule has 0 radical (unpaired) electrons. The number of halogens is 6. The van der Waals surface area contributed by atoms with Gasteiger partial charge >= 0.3 is 18.3 Å². The summed E-state index contributed by atoms with van der Waals surface area (Å²) in [6, 6.07) is 3.52. The average molecular weight is 601 g/mol. The van der Waals surface area contributed by atoms with Crippen LogP contribution < -0.4 is 5.32 Å². The highest BCUT2D eigenvalue weighted by Crippen LogP contribution is 2.37. The SMILES string of the molecule is CC(=O)c1cc(C(=O)Nc2cnn(Cc3ccc(C(F)(F)F)cc3C(F)(F)F)c2)no1.CC(=O)c1cc(C(=O)O)no1. The maximum Gasteiger partial charge on any atom is 0.416 e. The van der Waals surface area contributed by atoms with Gasteiger partial charge in [0, 0.05) is 32.2 Å². The summed E-state index contributed by atoms with van der Waals surface area (Å²) < 4.78 is 88.2. The third-order valence-electron chi connectivity index (χ3n) is 5.13. The number of carbonyl (C=O) groups excluding carboxylic acids is 3. The summed E-state index contributed by atoms with van der Waals surface area (Å²) in [5.74, 6) is -2.94. The van der Waals surface area contributed by atoms with Crippen molar-refractivity contribution in [3.05, 3.63) is 82.3 Å². The molecule has 1 amide bonds. The molecule has 0 saturated heterocycles. The molecular weight excluding hydrogens is 584 g/mol. The van der Waals surface area contributed by atoms with Crippen LogP contribution in [0.1, 0.15) is 72.6 Å². The molecule has 2 N–H and O–H groups in total. The number of nitrogens with one attached hydrogen (secondary N) is 1. The average Bonchev–Trinajstić information content (AvgIpc) is 3.64. The second kappa shape index (κ2) is 12.1. The minimum Gasteiger partial charge on any atom is -0.476 e. The Labute approximate surface area is 229 Å². The quantitative estimate of drug-likeness (QED) is 0.217. The largest absolute Gasteiger partial charge is 0.476 e. The Morgan fingerprint density at radius 1 is 0.881 bits per heavy atom. The Hall–Kier alpha value is -5.29. The first-order valence-corrected chi connectivity index (χ1v) is 11.3. The Bertz CT molecular complexity index is 1610. The van der Waals surface area contributed by atoms with Crippen molar-refractivity contribution in [3.63, 3.8) is 0 Å². The molecule has 3 heterocycles. The minimum absolute atomic E-state index is 0.0394. The second-order valence-electron chi connectivity index (χ2n) is 8.32. The van der Waals surface area contributed by atoms with Gasteiger partial charge in [-0.2, -0.15) is 31.4 Å². The molecule has 222 valence electrons. The van der Waals surface area contributed by atoms with Gasteiger partial charge in [0.2, 0.25) is 11.5 Å². The third kappa shape index (κ3) is 7.89. The number of amides is 1. The van der Waals surface area contributed by atoms with E-state index in [2.05, 4.69) is 29.8 Å². The van der Waals surface area contributed by atoms with Gasteiger partial charge in [-0.1, -0.05) is 16.4 Å². The topological polar surface area (TPSA) is 170 Å². The van der Waals surface area contributed by atoms with E-state index in [0.717, 1.165) is 29.1 Å². The fraction of sp³-hybridized carbons (Fsp3) is 0.208. The van der Waals surface area contributed by atoms with E-state index in [0.29, 0.717) is 6.07 Å². The van der Waals surface area contributed by atoms with E-state index in [4.69, 9.17) is 5.11 Å². The molecule has 4 aromatic rings. The van der Waals surface area contributed by atoms with Gasteiger partial charge < -0.3 is 19.5 Å². The third-order valence-corrected chi connectivity index (χ3v) is 5.13. The molecule has 4 rings (SSSR count). The summed E-state index contributed by atoms with van der Waals surface area (Å²) in [4.78, 5) is 44.0. The number of alkyl halides is 6. The molecule has 3 aromatic heterocycles. The smallest absolute Gasteiger partial charge is 0.416 e. The van der Waals surface area contributed by atoms with Crippen molar-refractivity contribution in [2.24, 2.45) is 0 Å². The van der Waals surface area contributed by atoms with Gasteiger partial charge in [0.25, 0.3) is 5.91 Å². The monoisotopic (exact) mass is 601 g/mol. The van der Waals surface area contributed by atoms with Crippen molar-refractivity contribution in [3.8, 4) is 0 Å². The van der Waals surface area contributed by atoms with Crippen LogP contribution in [0.25, 0.3) is 0 Å². The first-order chi connectivity index (χ1) is 19.5. The molecule has 0 atom stereocenters. The summed E-state index contributed by atoms with van der Waals surface area (Å²) in [6.45, 7) is 1.98. The summed E-state index contributed by atoms with van der Waals surface area (Å²) >= 11 is 0. The van der Waals surface area contributed by atoms with Crippen LogP contribution in [0, 0.1) is 0 Å². The molecule has 42 heavy (non-hydrogen) atoms. The van der Waals surface area contributed by atoms with Crippen LogP contribution in [0.2, 0.25) is 0 Å². The standard InChI is InChI=1S/C18H12F6N4O3.C6H5NO4/c1-9(29)15-5-14(27-31-15)16(30)26-12-6-25-28(8-12)7-10-2-3-11(17(19,20)21)4-13(10)18(22,23)24;1-3(8)5-2-4(6(9)10)7-11-5/h2-6,8H,7H2,1H3,(H,26,30);2H,1H3,(H,9,10). The lowest BCUT2D eigenvalue weighted by Gasteiger charge is -2.16. The maximum atomic E-state index is 13.2.